The van der Waals surface area contributed by atoms with E-state index in [9.17, 15) is 8.42 Å². The molecule has 124 valence electrons. The Kier molecular flexibility index (Phi) is 5.00. The number of hydrogen-bond donors (Lipinski definition) is 1. The minimum Gasteiger partial charge on any atom is -0.279 e. The summed E-state index contributed by atoms with van der Waals surface area (Å²) >= 11 is 12.0. The van der Waals surface area contributed by atoms with Crippen LogP contribution in [0.2, 0.25) is 10.0 Å². The predicted octanol–water partition coefficient (Wildman–Crippen LogP) is 5.40. The highest BCUT2D eigenvalue weighted by atomic mass is 35.5. The molecule has 0 saturated carbocycles. The minimum absolute atomic E-state index is 0.00574. The zero-order valence-corrected chi connectivity index (χ0v) is 15.8. The lowest BCUT2D eigenvalue weighted by Gasteiger charge is -2.21. The van der Waals surface area contributed by atoms with Crippen molar-refractivity contribution in [2.45, 2.75) is 38.0 Å². The fraction of sp³-hybridized carbons (Fsp3) is 0.294. The van der Waals surface area contributed by atoms with E-state index >= 15 is 0 Å². The van der Waals surface area contributed by atoms with Gasteiger partial charge in [0.1, 0.15) is 4.90 Å². The zero-order chi connectivity index (χ0) is 17.4. The van der Waals surface area contributed by atoms with E-state index in [1.165, 1.54) is 12.1 Å². The Morgan fingerprint density at radius 1 is 1.00 bits per heavy atom. The van der Waals surface area contributed by atoms with Crippen LogP contribution in [0.5, 0.6) is 0 Å². The Labute approximate surface area is 147 Å². The second kappa shape index (κ2) is 6.34. The van der Waals surface area contributed by atoms with Crippen LogP contribution >= 0.6 is 23.2 Å². The number of aryl methyl sites for hydroxylation is 1. The van der Waals surface area contributed by atoms with E-state index in [0.29, 0.717) is 5.69 Å². The first-order valence-electron chi connectivity index (χ1n) is 7.10. The van der Waals surface area contributed by atoms with Crippen LogP contribution in [0.1, 0.15) is 31.9 Å². The largest absolute Gasteiger partial charge is 0.279 e. The highest BCUT2D eigenvalue weighted by Crippen LogP contribution is 2.32. The molecule has 0 atom stereocenters. The molecule has 0 radical (unpaired) electrons. The van der Waals surface area contributed by atoms with Crippen LogP contribution < -0.4 is 4.72 Å². The first-order valence-corrected chi connectivity index (χ1v) is 9.34. The van der Waals surface area contributed by atoms with Crippen LogP contribution in [0.15, 0.2) is 41.3 Å². The van der Waals surface area contributed by atoms with E-state index in [2.05, 4.69) is 25.5 Å². The number of rotatable bonds is 3. The van der Waals surface area contributed by atoms with E-state index in [1.807, 2.05) is 19.1 Å². The number of benzene rings is 2. The number of hydrogen-bond acceptors (Lipinski definition) is 2. The van der Waals surface area contributed by atoms with Crippen molar-refractivity contribution in [3.8, 4) is 0 Å². The van der Waals surface area contributed by atoms with Gasteiger partial charge in [-0.25, -0.2) is 8.42 Å². The van der Waals surface area contributed by atoms with E-state index in [1.54, 1.807) is 12.1 Å². The summed E-state index contributed by atoms with van der Waals surface area (Å²) in [7, 11) is -3.86. The number of nitrogens with one attached hydrogen (secondary N) is 1. The summed E-state index contributed by atoms with van der Waals surface area (Å²) in [5.41, 5.74) is 2.47. The summed E-state index contributed by atoms with van der Waals surface area (Å²) in [5.74, 6) is 0. The summed E-state index contributed by atoms with van der Waals surface area (Å²) < 4.78 is 27.8. The minimum atomic E-state index is -3.86. The van der Waals surface area contributed by atoms with E-state index in [0.717, 1.165) is 11.1 Å². The summed E-state index contributed by atoms with van der Waals surface area (Å²) in [6.07, 6.45) is 0. The Morgan fingerprint density at radius 3 is 2.04 bits per heavy atom. The van der Waals surface area contributed by atoms with E-state index < -0.39 is 10.0 Å². The average molecular weight is 372 g/mol. The second-order valence-corrected chi connectivity index (χ2v) is 8.87. The molecule has 0 aliphatic carbocycles. The lowest BCUT2D eigenvalue weighted by atomic mass is 9.86. The van der Waals surface area contributed by atoms with Crippen molar-refractivity contribution in [1.29, 1.82) is 0 Å². The van der Waals surface area contributed by atoms with Crippen molar-refractivity contribution in [3.05, 3.63) is 57.6 Å². The van der Waals surface area contributed by atoms with Crippen molar-refractivity contribution >= 4 is 38.9 Å². The summed E-state index contributed by atoms with van der Waals surface area (Å²) in [4.78, 5) is -0.109. The average Bonchev–Trinajstić information content (AvgIpc) is 2.39. The molecule has 2 rings (SSSR count). The molecule has 0 fully saturated rings. The van der Waals surface area contributed by atoms with Gasteiger partial charge in [0.2, 0.25) is 0 Å². The van der Waals surface area contributed by atoms with Crippen LogP contribution in [-0.4, -0.2) is 8.42 Å². The highest BCUT2D eigenvalue weighted by Gasteiger charge is 2.23. The molecule has 3 nitrogen and oxygen atoms in total. The van der Waals surface area contributed by atoms with Gasteiger partial charge in [0.25, 0.3) is 10.0 Å². The van der Waals surface area contributed by atoms with Crippen molar-refractivity contribution in [1.82, 2.24) is 0 Å². The van der Waals surface area contributed by atoms with Crippen LogP contribution in [0.4, 0.5) is 5.69 Å². The topological polar surface area (TPSA) is 46.2 Å². The predicted molar refractivity (Wildman–Crippen MR) is 97.1 cm³/mol. The zero-order valence-electron chi connectivity index (χ0n) is 13.4. The molecule has 0 unspecified atom stereocenters. The van der Waals surface area contributed by atoms with Gasteiger partial charge in [-0.15, -0.1) is 0 Å². The standard InChI is InChI=1S/C17H19Cl2NO2S/c1-11-10-12(17(2,3)4)8-9-15(11)20-23(21,22)16-13(18)6-5-7-14(16)19/h5-10,20H,1-4H3. The number of halogens is 2. The molecule has 0 spiro atoms. The van der Waals surface area contributed by atoms with Crippen LogP contribution in [0, 0.1) is 6.92 Å². The third kappa shape index (κ3) is 4.00. The first-order chi connectivity index (χ1) is 10.5. The maximum atomic E-state index is 12.6. The van der Waals surface area contributed by atoms with Crippen molar-refractivity contribution in [2.24, 2.45) is 0 Å². The Morgan fingerprint density at radius 2 is 1.57 bits per heavy atom. The third-order valence-corrected chi connectivity index (χ3v) is 5.84. The molecule has 0 bridgehead atoms. The van der Waals surface area contributed by atoms with Gasteiger partial charge in [-0.1, -0.05) is 62.2 Å². The van der Waals surface area contributed by atoms with Gasteiger partial charge >= 0.3 is 0 Å². The third-order valence-electron chi connectivity index (χ3n) is 3.52. The molecule has 0 heterocycles. The summed E-state index contributed by atoms with van der Waals surface area (Å²) in [5, 5.41) is 0.183. The summed E-state index contributed by atoms with van der Waals surface area (Å²) in [6.45, 7) is 8.18. The molecule has 0 aliphatic heterocycles. The molecule has 1 N–H and O–H groups in total. The molecule has 0 aliphatic rings. The van der Waals surface area contributed by atoms with Gasteiger partial charge in [-0.2, -0.15) is 0 Å². The molecule has 2 aromatic carbocycles. The Bertz CT molecular complexity index is 820. The van der Waals surface area contributed by atoms with Crippen molar-refractivity contribution in [2.75, 3.05) is 4.72 Å². The fourth-order valence-electron chi connectivity index (χ4n) is 2.18. The van der Waals surface area contributed by atoms with E-state index in [-0.39, 0.29) is 20.4 Å². The SMILES string of the molecule is Cc1cc(C(C)(C)C)ccc1NS(=O)(=O)c1c(Cl)cccc1Cl. The summed E-state index contributed by atoms with van der Waals surface area (Å²) in [6, 6.07) is 10.3. The molecule has 23 heavy (non-hydrogen) atoms. The molecule has 0 amide bonds. The van der Waals surface area contributed by atoms with Gasteiger partial charge in [0, 0.05) is 0 Å². The monoisotopic (exact) mass is 371 g/mol. The van der Waals surface area contributed by atoms with Gasteiger partial charge in [-0.05, 0) is 41.7 Å². The van der Waals surface area contributed by atoms with Gasteiger partial charge < -0.3 is 0 Å². The van der Waals surface area contributed by atoms with Crippen molar-refractivity contribution in [3.63, 3.8) is 0 Å². The molecule has 6 heteroatoms. The highest BCUT2D eigenvalue weighted by molar-refractivity contribution is 7.93. The maximum Gasteiger partial charge on any atom is 0.264 e. The second-order valence-electron chi connectivity index (χ2n) is 6.44. The molecule has 2 aromatic rings. The molecular formula is C17H19Cl2NO2S. The maximum absolute atomic E-state index is 12.6. The smallest absolute Gasteiger partial charge is 0.264 e. The lowest BCUT2D eigenvalue weighted by Crippen LogP contribution is -2.16. The fourth-order valence-corrected chi connectivity index (χ4v) is 4.46. The quantitative estimate of drug-likeness (QED) is 0.784. The Hall–Kier alpha value is -1.23. The molecule has 0 aromatic heterocycles. The van der Waals surface area contributed by atoms with Crippen LogP contribution in [-0.2, 0) is 15.4 Å². The molecule has 0 saturated heterocycles. The van der Waals surface area contributed by atoms with Crippen molar-refractivity contribution < 1.29 is 8.42 Å². The van der Waals surface area contributed by atoms with Gasteiger partial charge in [0.15, 0.2) is 0 Å². The van der Waals surface area contributed by atoms with Gasteiger partial charge in [0.05, 0.1) is 15.7 Å². The first kappa shape index (κ1) is 18.1. The van der Waals surface area contributed by atoms with Crippen LogP contribution in [0.3, 0.4) is 0 Å². The number of anilines is 1. The normalized spacial score (nSPS) is 12.3. The lowest BCUT2D eigenvalue weighted by molar-refractivity contribution is 0.590. The van der Waals surface area contributed by atoms with Gasteiger partial charge in [-0.3, -0.25) is 4.72 Å². The van der Waals surface area contributed by atoms with Crippen LogP contribution in [0.25, 0.3) is 0 Å². The Balaban J connectivity index is 2.43. The van der Waals surface area contributed by atoms with E-state index in [4.69, 9.17) is 23.2 Å². The number of sulfonamides is 1. The molecular weight excluding hydrogens is 353 g/mol.